The minimum absolute atomic E-state index is 0.0674. The number of sulfonamides is 1. The largest absolute Gasteiger partial charge is 0.497 e. The highest BCUT2D eigenvalue weighted by atomic mass is 32.2. The van der Waals surface area contributed by atoms with Crippen molar-refractivity contribution in [2.45, 2.75) is 24.7 Å². The predicted molar refractivity (Wildman–Crippen MR) is 109 cm³/mol. The van der Waals surface area contributed by atoms with E-state index in [0.29, 0.717) is 30.3 Å². The summed E-state index contributed by atoms with van der Waals surface area (Å²) < 4.78 is 32.5. The van der Waals surface area contributed by atoms with Gasteiger partial charge in [0.15, 0.2) is 5.78 Å². The van der Waals surface area contributed by atoms with Crippen LogP contribution in [0.25, 0.3) is 0 Å². The van der Waals surface area contributed by atoms with Gasteiger partial charge in [0.25, 0.3) is 0 Å². The Morgan fingerprint density at radius 1 is 1.14 bits per heavy atom. The van der Waals surface area contributed by atoms with E-state index in [1.54, 1.807) is 31.4 Å². The van der Waals surface area contributed by atoms with E-state index in [0.717, 1.165) is 18.5 Å². The van der Waals surface area contributed by atoms with Gasteiger partial charge >= 0.3 is 0 Å². The number of ketones is 1. The van der Waals surface area contributed by atoms with Gasteiger partial charge in [-0.25, -0.2) is 8.42 Å². The van der Waals surface area contributed by atoms with Crippen LogP contribution in [-0.2, 0) is 10.0 Å². The molecule has 0 bridgehead atoms. The highest BCUT2D eigenvalue weighted by Gasteiger charge is 2.28. The molecule has 1 aliphatic rings. The number of anilines is 1. The summed E-state index contributed by atoms with van der Waals surface area (Å²) in [7, 11) is -1.99. The number of hydrogen-bond acceptors (Lipinski definition) is 5. The maximum Gasteiger partial charge on any atom is 0.243 e. The maximum atomic E-state index is 12.9. The van der Waals surface area contributed by atoms with Gasteiger partial charge in [0.2, 0.25) is 10.0 Å². The van der Waals surface area contributed by atoms with Crippen molar-refractivity contribution < 1.29 is 17.9 Å². The van der Waals surface area contributed by atoms with Crippen molar-refractivity contribution in [3.05, 3.63) is 54.1 Å². The Morgan fingerprint density at radius 3 is 2.57 bits per heavy atom. The molecule has 28 heavy (non-hydrogen) atoms. The van der Waals surface area contributed by atoms with E-state index in [4.69, 9.17) is 4.74 Å². The second-order valence-electron chi connectivity index (χ2n) is 7.12. The zero-order chi connectivity index (χ0) is 20.1. The van der Waals surface area contributed by atoms with Gasteiger partial charge in [-0.3, -0.25) is 4.79 Å². The number of nitrogens with zero attached hydrogens (tertiary/aromatic N) is 1. The average Bonchev–Trinajstić information content (AvgIpc) is 2.72. The zero-order valence-corrected chi connectivity index (χ0v) is 17.0. The fraction of sp³-hybridized carbons (Fsp3) is 0.381. The molecule has 1 saturated heterocycles. The van der Waals surface area contributed by atoms with Crippen LogP contribution in [0.4, 0.5) is 5.69 Å². The fourth-order valence-electron chi connectivity index (χ4n) is 3.22. The minimum Gasteiger partial charge on any atom is -0.497 e. The first kappa shape index (κ1) is 20.4. The number of carbonyl (C=O) groups is 1. The van der Waals surface area contributed by atoms with Crippen LogP contribution in [0.15, 0.2) is 53.4 Å². The number of hydrogen-bond donors (Lipinski definition) is 1. The summed E-state index contributed by atoms with van der Waals surface area (Å²) in [6, 6.07) is 13.6. The summed E-state index contributed by atoms with van der Waals surface area (Å²) in [4.78, 5) is 12.7. The molecule has 150 valence electrons. The van der Waals surface area contributed by atoms with Crippen molar-refractivity contribution in [3.63, 3.8) is 0 Å². The highest BCUT2D eigenvalue weighted by molar-refractivity contribution is 7.89. The molecule has 1 heterocycles. The summed E-state index contributed by atoms with van der Waals surface area (Å²) in [6.45, 7) is 3.26. The van der Waals surface area contributed by atoms with Gasteiger partial charge in [-0.2, -0.15) is 4.31 Å². The average molecular weight is 403 g/mol. The van der Waals surface area contributed by atoms with E-state index >= 15 is 0 Å². The molecule has 0 unspecified atom stereocenters. The van der Waals surface area contributed by atoms with Crippen molar-refractivity contribution in [1.29, 1.82) is 0 Å². The number of methoxy groups -OCH3 is 1. The lowest BCUT2D eigenvalue weighted by Gasteiger charge is -2.29. The van der Waals surface area contributed by atoms with Gasteiger partial charge in [0, 0.05) is 30.4 Å². The number of nitrogens with one attached hydrogen (secondary N) is 1. The number of benzene rings is 2. The third kappa shape index (κ3) is 4.72. The van der Waals surface area contributed by atoms with Gasteiger partial charge < -0.3 is 10.1 Å². The number of piperidine rings is 1. The summed E-state index contributed by atoms with van der Waals surface area (Å²) in [5, 5.41) is 3.05. The standard InChI is InChI=1S/C21H26N2O4S/c1-16-9-11-23(12-10-16)28(25,26)20-8-3-5-17(13-20)21(24)15-22-18-6-4-7-19(14-18)27-2/h3-8,13-14,16,22H,9-12,15H2,1-2H3. The van der Waals surface area contributed by atoms with Crippen molar-refractivity contribution in [2.75, 3.05) is 32.1 Å². The molecule has 1 aliphatic heterocycles. The van der Waals surface area contributed by atoms with Gasteiger partial charge in [0.05, 0.1) is 18.6 Å². The molecule has 0 spiro atoms. The lowest BCUT2D eigenvalue weighted by Crippen LogP contribution is -2.37. The molecule has 1 N–H and O–H groups in total. The number of Topliss-reactive ketones (excluding diaryl/α,β-unsaturated/α-hetero) is 1. The smallest absolute Gasteiger partial charge is 0.243 e. The molecule has 2 aromatic rings. The van der Waals surface area contributed by atoms with E-state index in [1.165, 1.54) is 10.4 Å². The summed E-state index contributed by atoms with van der Waals surface area (Å²) >= 11 is 0. The SMILES string of the molecule is COc1cccc(NCC(=O)c2cccc(S(=O)(=O)N3CCC(C)CC3)c2)c1. The molecule has 1 fully saturated rings. The van der Waals surface area contributed by atoms with E-state index in [2.05, 4.69) is 12.2 Å². The van der Waals surface area contributed by atoms with Crippen LogP contribution in [0.5, 0.6) is 5.75 Å². The number of carbonyl (C=O) groups excluding carboxylic acids is 1. The predicted octanol–water partition coefficient (Wildman–Crippen LogP) is 3.41. The third-order valence-electron chi connectivity index (χ3n) is 5.06. The van der Waals surface area contributed by atoms with Crippen LogP contribution in [0.1, 0.15) is 30.1 Å². The zero-order valence-electron chi connectivity index (χ0n) is 16.2. The molecule has 0 radical (unpaired) electrons. The van der Waals surface area contributed by atoms with Crippen LogP contribution in [0, 0.1) is 5.92 Å². The first-order valence-corrected chi connectivity index (χ1v) is 10.9. The molecule has 0 aliphatic carbocycles. The fourth-order valence-corrected chi connectivity index (χ4v) is 4.74. The summed E-state index contributed by atoms with van der Waals surface area (Å²) in [6.07, 6.45) is 1.73. The van der Waals surface area contributed by atoms with Gasteiger partial charge in [-0.1, -0.05) is 25.1 Å². The Kier molecular flexibility index (Phi) is 6.36. The Labute approximate surface area is 166 Å². The molecular weight excluding hydrogens is 376 g/mol. The van der Waals surface area contributed by atoms with Crippen molar-refractivity contribution in [3.8, 4) is 5.75 Å². The second-order valence-corrected chi connectivity index (χ2v) is 9.06. The van der Waals surface area contributed by atoms with Gasteiger partial charge in [-0.15, -0.1) is 0 Å². The van der Waals surface area contributed by atoms with E-state index in [-0.39, 0.29) is 17.2 Å². The molecule has 3 rings (SSSR count). The number of rotatable bonds is 7. The van der Waals surface area contributed by atoms with Crippen molar-refractivity contribution >= 4 is 21.5 Å². The van der Waals surface area contributed by atoms with Crippen LogP contribution in [0.3, 0.4) is 0 Å². The quantitative estimate of drug-likeness (QED) is 0.719. The lowest BCUT2D eigenvalue weighted by atomic mass is 10.0. The molecule has 6 nitrogen and oxygen atoms in total. The topological polar surface area (TPSA) is 75.7 Å². The second kappa shape index (κ2) is 8.75. The van der Waals surface area contributed by atoms with Crippen molar-refractivity contribution in [1.82, 2.24) is 4.31 Å². The normalized spacial score (nSPS) is 15.9. The van der Waals surface area contributed by atoms with Crippen LogP contribution >= 0.6 is 0 Å². The maximum absolute atomic E-state index is 12.9. The Bertz CT molecular complexity index is 935. The summed E-state index contributed by atoms with van der Waals surface area (Å²) in [5.74, 6) is 1.07. The Hall–Kier alpha value is -2.38. The van der Waals surface area contributed by atoms with Crippen LogP contribution in [-0.4, -0.2) is 45.3 Å². The first-order valence-electron chi connectivity index (χ1n) is 9.41. The Morgan fingerprint density at radius 2 is 1.86 bits per heavy atom. The number of ether oxygens (including phenoxy) is 1. The molecule has 0 amide bonds. The van der Waals surface area contributed by atoms with Crippen LogP contribution in [0.2, 0.25) is 0 Å². The molecule has 0 atom stereocenters. The van der Waals surface area contributed by atoms with Gasteiger partial charge in [-0.05, 0) is 43.0 Å². The van der Waals surface area contributed by atoms with Crippen LogP contribution < -0.4 is 10.1 Å². The van der Waals surface area contributed by atoms with Gasteiger partial charge in [0.1, 0.15) is 5.75 Å². The van der Waals surface area contributed by atoms with E-state index in [1.807, 2.05) is 18.2 Å². The van der Waals surface area contributed by atoms with E-state index in [9.17, 15) is 13.2 Å². The highest BCUT2D eigenvalue weighted by Crippen LogP contribution is 2.24. The summed E-state index contributed by atoms with van der Waals surface area (Å²) in [5.41, 5.74) is 1.14. The molecule has 0 aromatic heterocycles. The molecular formula is C21H26N2O4S. The van der Waals surface area contributed by atoms with Crippen molar-refractivity contribution in [2.24, 2.45) is 5.92 Å². The Balaban J connectivity index is 1.70. The third-order valence-corrected chi connectivity index (χ3v) is 6.95. The lowest BCUT2D eigenvalue weighted by molar-refractivity contribution is 0.101. The molecule has 2 aromatic carbocycles. The first-order chi connectivity index (χ1) is 13.4. The minimum atomic E-state index is -3.57. The molecule has 0 saturated carbocycles. The molecule has 7 heteroatoms. The monoisotopic (exact) mass is 402 g/mol. The van der Waals surface area contributed by atoms with E-state index < -0.39 is 10.0 Å².